The molecule has 0 bridgehead atoms. The number of alkyl carbamates (subject to hydrolysis) is 1. The van der Waals surface area contributed by atoms with Crippen LogP contribution in [0.25, 0.3) is 11.3 Å². The van der Waals surface area contributed by atoms with Crippen molar-refractivity contribution in [1.29, 1.82) is 0 Å². The quantitative estimate of drug-likeness (QED) is 0.304. The van der Waals surface area contributed by atoms with Crippen molar-refractivity contribution >= 4 is 52.2 Å². The van der Waals surface area contributed by atoms with E-state index in [0.29, 0.717) is 16.8 Å². The lowest BCUT2D eigenvalue weighted by Crippen LogP contribution is -2.43. The summed E-state index contributed by atoms with van der Waals surface area (Å²) in [6.45, 7) is 4.60. The summed E-state index contributed by atoms with van der Waals surface area (Å²) in [5.41, 5.74) is 3.18. The number of imide groups is 1. The summed E-state index contributed by atoms with van der Waals surface area (Å²) in [4.78, 5) is 55.1. The Hall–Kier alpha value is -5.12. The molecule has 0 spiro atoms. The van der Waals surface area contributed by atoms with Gasteiger partial charge in [-0.3, -0.25) is 9.59 Å². The number of carbonyl (C=O) groups excluding carboxylic acids is 4. The number of amides is 3. The fraction of sp³-hybridized carbons (Fsp3) is 0.250. The maximum atomic E-state index is 14.1. The van der Waals surface area contributed by atoms with E-state index >= 15 is 0 Å². The topological polar surface area (TPSA) is 117 Å². The van der Waals surface area contributed by atoms with Crippen LogP contribution in [0.3, 0.4) is 0 Å². The molecule has 0 fully saturated rings. The van der Waals surface area contributed by atoms with Crippen molar-refractivity contribution in [2.24, 2.45) is 0 Å². The number of rotatable bonds is 7. The standard InChI is InChI=1S/C32H34N4O6/c1-32(2,3)42-31(40)33-19-26(37)36-25-18-21(30(39)41-6)12-17-24(25)27(29(36)38)28(20-10-8-7-9-11-20)34-22-13-15-23(16-14-22)35(4)5/h7-18,34H,19H2,1-6H3,(H,33,40)/b28-27-. The lowest BCUT2D eigenvalue weighted by Gasteiger charge is -2.21. The third kappa shape index (κ3) is 6.60. The summed E-state index contributed by atoms with van der Waals surface area (Å²) in [5, 5.41) is 5.79. The predicted octanol–water partition coefficient (Wildman–Crippen LogP) is 4.92. The Morgan fingerprint density at radius 3 is 2.17 bits per heavy atom. The van der Waals surface area contributed by atoms with E-state index in [1.807, 2.05) is 73.6 Å². The smallest absolute Gasteiger partial charge is 0.408 e. The van der Waals surface area contributed by atoms with Crippen LogP contribution in [0.1, 0.15) is 42.3 Å². The van der Waals surface area contributed by atoms with Crippen molar-refractivity contribution in [2.45, 2.75) is 26.4 Å². The minimum atomic E-state index is -0.797. The van der Waals surface area contributed by atoms with Gasteiger partial charge in [0.05, 0.1) is 29.6 Å². The van der Waals surface area contributed by atoms with E-state index in [1.165, 1.54) is 13.2 Å². The van der Waals surface area contributed by atoms with Gasteiger partial charge in [-0.25, -0.2) is 14.5 Å². The molecule has 0 unspecified atom stereocenters. The van der Waals surface area contributed by atoms with Crippen molar-refractivity contribution < 1.29 is 28.7 Å². The number of ether oxygens (including phenoxy) is 2. The summed E-state index contributed by atoms with van der Waals surface area (Å²) < 4.78 is 10.1. The van der Waals surface area contributed by atoms with Gasteiger partial charge in [-0.15, -0.1) is 0 Å². The second kappa shape index (κ2) is 12.2. The van der Waals surface area contributed by atoms with Crippen LogP contribution < -0.4 is 20.4 Å². The van der Waals surface area contributed by atoms with Gasteiger partial charge in [0.25, 0.3) is 11.8 Å². The molecule has 10 heteroatoms. The molecule has 10 nitrogen and oxygen atoms in total. The second-order valence-corrected chi connectivity index (χ2v) is 10.8. The van der Waals surface area contributed by atoms with Crippen molar-refractivity contribution in [2.75, 3.05) is 42.9 Å². The zero-order valence-corrected chi connectivity index (χ0v) is 24.5. The minimum Gasteiger partial charge on any atom is -0.465 e. The Bertz CT molecular complexity index is 1540. The molecule has 1 aliphatic heterocycles. The fourth-order valence-electron chi connectivity index (χ4n) is 4.41. The number of anilines is 3. The first-order chi connectivity index (χ1) is 19.9. The molecular formula is C32H34N4O6. The highest BCUT2D eigenvalue weighted by Crippen LogP contribution is 2.42. The second-order valence-electron chi connectivity index (χ2n) is 10.8. The number of hydrogen-bond acceptors (Lipinski definition) is 8. The molecule has 3 aromatic carbocycles. The third-order valence-corrected chi connectivity index (χ3v) is 6.34. The van der Waals surface area contributed by atoms with E-state index in [1.54, 1.807) is 32.9 Å². The molecule has 2 N–H and O–H groups in total. The highest BCUT2D eigenvalue weighted by atomic mass is 16.6. The number of esters is 1. The molecule has 0 atom stereocenters. The Balaban J connectivity index is 1.82. The van der Waals surface area contributed by atoms with Crippen molar-refractivity contribution in [3.05, 3.63) is 89.5 Å². The summed E-state index contributed by atoms with van der Waals surface area (Å²) in [6.07, 6.45) is -0.797. The Kier molecular flexibility index (Phi) is 8.65. The van der Waals surface area contributed by atoms with Gasteiger partial charge in [-0.1, -0.05) is 36.4 Å². The molecule has 1 heterocycles. The molecule has 3 amide bonds. The molecule has 0 saturated heterocycles. The normalized spacial score (nSPS) is 13.7. The Morgan fingerprint density at radius 2 is 1.57 bits per heavy atom. The van der Waals surface area contributed by atoms with Gasteiger partial charge in [0.1, 0.15) is 12.1 Å². The van der Waals surface area contributed by atoms with Crippen molar-refractivity contribution in [3.63, 3.8) is 0 Å². The van der Waals surface area contributed by atoms with Crippen LogP contribution >= 0.6 is 0 Å². The molecule has 4 rings (SSSR count). The molecule has 0 saturated carbocycles. The molecular weight excluding hydrogens is 536 g/mol. The fourth-order valence-corrected chi connectivity index (χ4v) is 4.41. The van der Waals surface area contributed by atoms with E-state index in [2.05, 4.69) is 10.6 Å². The Labute approximate surface area is 244 Å². The third-order valence-electron chi connectivity index (χ3n) is 6.34. The monoisotopic (exact) mass is 570 g/mol. The van der Waals surface area contributed by atoms with E-state index in [0.717, 1.165) is 16.3 Å². The highest BCUT2D eigenvalue weighted by Gasteiger charge is 2.39. The van der Waals surface area contributed by atoms with E-state index in [4.69, 9.17) is 9.47 Å². The van der Waals surface area contributed by atoms with E-state index in [9.17, 15) is 19.2 Å². The van der Waals surface area contributed by atoms with Crippen LogP contribution in [0.4, 0.5) is 21.9 Å². The van der Waals surface area contributed by atoms with Gasteiger partial charge >= 0.3 is 12.1 Å². The van der Waals surface area contributed by atoms with Crippen LogP contribution in [-0.2, 0) is 19.1 Å². The summed E-state index contributed by atoms with van der Waals surface area (Å²) in [7, 11) is 5.14. The number of methoxy groups -OCH3 is 1. The van der Waals surface area contributed by atoms with Gasteiger partial charge in [0.15, 0.2) is 0 Å². The maximum absolute atomic E-state index is 14.1. The zero-order chi connectivity index (χ0) is 30.6. The average Bonchev–Trinajstić information content (AvgIpc) is 3.24. The lowest BCUT2D eigenvalue weighted by atomic mass is 9.99. The van der Waals surface area contributed by atoms with Gasteiger partial charge < -0.3 is 25.0 Å². The van der Waals surface area contributed by atoms with Gasteiger partial charge in [-0.2, -0.15) is 0 Å². The molecule has 1 aliphatic rings. The van der Waals surface area contributed by atoms with Crippen LogP contribution in [0, 0.1) is 0 Å². The average molecular weight is 571 g/mol. The van der Waals surface area contributed by atoms with Crippen molar-refractivity contribution in [3.8, 4) is 0 Å². The first-order valence-corrected chi connectivity index (χ1v) is 13.3. The van der Waals surface area contributed by atoms with E-state index in [-0.39, 0.29) is 16.8 Å². The Morgan fingerprint density at radius 1 is 0.905 bits per heavy atom. The van der Waals surface area contributed by atoms with Crippen LogP contribution in [-0.4, -0.2) is 57.2 Å². The van der Waals surface area contributed by atoms with Crippen molar-refractivity contribution in [1.82, 2.24) is 5.32 Å². The van der Waals surface area contributed by atoms with Crippen LogP contribution in [0.2, 0.25) is 0 Å². The number of carbonyl (C=O) groups is 4. The first-order valence-electron chi connectivity index (χ1n) is 13.3. The van der Waals surface area contributed by atoms with Gasteiger partial charge in [-0.05, 0) is 62.7 Å². The molecule has 0 radical (unpaired) electrons. The summed E-state index contributed by atoms with van der Waals surface area (Å²) in [5.74, 6) is -1.93. The van der Waals surface area contributed by atoms with Gasteiger partial charge in [0.2, 0.25) is 0 Å². The summed E-state index contributed by atoms with van der Waals surface area (Å²) in [6, 6.07) is 21.5. The van der Waals surface area contributed by atoms with E-state index < -0.39 is 36.0 Å². The molecule has 0 aliphatic carbocycles. The zero-order valence-electron chi connectivity index (χ0n) is 24.5. The largest absolute Gasteiger partial charge is 0.465 e. The van der Waals surface area contributed by atoms with Crippen LogP contribution in [0.5, 0.6) is 0 Å². The molecule has 42 heavy (non-hydrogen) atoms. The SMILES string of the molecule is COC(=O)c1ccc2c(c1)N(C(=O)CNC(=O)OC(C)(C)C)C(=O)/C2=C(\Nc1ccc(N(C)C)cc1)c1ccccc1. The number of nitrogens with zero attached hydrogens (tertiary/aromatic N) is 2. The highest BCUT2D eigenvalue weighted by molar-refractivity contribution is 6.44. The molecule has 218 valence electrons. The van der Waals surface area contributed by atoms with Gasteiger partial charge in [0, 0.05) is 31.0 Å². The summed E-state index contributed by atoms with van der Waals surface area (Å²) >= 11 is 0. The van der Waals surface area contributed by atoms with Crippen LogP contribution in [0.15, 0.2) is 72.8 Å². The number of hydrogen-bond donors (Lipinski definition) is 2. The number of benzene rings is 3. The number of nitrogens with one attached hydrogen (secondary N) is 2. The molecule has 0 aromatic heterocycles. The molecule has 3 aromatic rings. The minimum absolute atomic E-state index is 0.164. The predicted molar refractivity (Wildman–Crippen MR) is 162 cm³/mol. The maximum Gasteiger partial charge on any atom is 0.408 e. The number of fused-ring (bicyclic) bond motifs is 1. The first kappa shape index (κ1) is 29.9. The lowest BCUT2D eigenvalue weighted by molar-refractivity contribution is -0.123.